The number of nitrogens with zero attached hydrogens (tertiary/aromatic N) is 1. The third kappa shape index (κ3) is 3.30. The largest absolute Gasteiger partial charge is 0.506 e. The molecule has 2 saturated heterocycles. The van der Waals surface area contributed by atoms with Crippen LogP contribution in [0.4, 0.5) is 4.39 Å². The van der Waals surface area contributed by atoms with Crippen molar-refractivity contribution in [2.24, 2.45) is 5.92 Å². The fourth-order valence-corrected chi connectivity index (χ4v) is 3.89. The molecule has 0 saturated carbocycles. The Balaban J connectivity index is 1.98. The number of aromatic hydroxyl groups is 1. The smallest absolute Gasteiger partial charge is 0.137 e. The molecule has 0 aromatic heterocycles. The Labute approximate surface area is 138 Å². The van der Waals surface area contributed by atoms with Gasteiger partial charge in [0.2, 0.25) is 0 Å². The van der Waals surface area contributed by atoms with Crippen LogP contribution in [-0.2, 0) is 4.74 Å². The van der Waals surface area contributed by atoms with Gasteiger partial charge in [-0.3, -0.25) is 4.90 Å². The van der Waals surface area contributed by atoms with Crippen LogP contribution in [0.15, 0.2) is 16.6 Å². The minimum absolute atomic E-state index is 0.0371. The zero-order valence-corrected chi connectivity index (χ0v) is 14.1. The maximum atomic E-state index is 14.5. The van der Waals surface area contributed by atoms with E-state index in [-0.39, 0.29) is 17.6 Å². The van der Waals surface area contributed by atoms with Crippen LogP contribution < -0.4 is 5.32 Å². The average molecular weight is 373 g/mol. The second-order valence-corrected chi connectivity index (χ2v) is 6.83. The van der Waals surface area contributed by atoms with Crippen LogP contribution in [0.3, 0.4) is 0 Å². The van der Waals surface area contributed by atoms with Gasteiger partial charge in [0.1, 0.15) is 11.6 Å². The molecule has 1 aromatic carbocycles. The van der Waals surface area contributed by atoms with Crippen LogP contribution in [0.5, 0.6) is 5.75 Å². The van der Waals surface area contributed by atoms with E-state index in [2.05, 4.69) is 26.1 Å². The molecule has 0 unspecified atom stereocenters. The van der Waals surface area contributed by atoms with Gasteiger partial charge in [-0.2, -0.15) is 0 Å². The van der Waals surface area contributed by atoms with E-state index in [4.69, 9.17) is 4.74 Å². The van der Waals surface area contributed by atoms with Crippen LogP contribution in [0.2, 0.25) is 0 Å². The normalized spacial score (nSPS) is 22.6. The number of nitrogens with one attached hydrogen (secondary N) is 1. The molecule has 2 aliphatic rings. The second kappa shape index (κ2) is 7.25. The van der Waals surface area contributed by atoms with E-state index in [1.54, 1.807) is 6.07 Å². The van der Waals surface area contributed by atoms with E-state index < -0.39 is 0 Å². The molecule has 3 rings (SSSR count). The number of piperazine rings is 1. The van der Waals surface area contributed by atoms with Gasteiger partial charge in [0.05, 0.1) is 4.47 Å². The molecule has 1 aromatic rings. The van der Waals surface area contributed by atoms with Gasteiger partial charge in [0.25, 0.3) is 0 Å². The highest BCUT2D eigenvalue weighted by Crippen LogP contribution is 2.43. The molecule has 0 radical (unpaired) electrons. The number of hydrogen-bond acceptors (Lipinski definition) is 4. The van der Waals surface area contributed by atoms with Crippen molar-refractivity contribution in [3.8, 4) is 5.75 Å². The van der Waals surface area contributed by atoms with Gasteiger partial charge in [0.15, 0.2) is 0 Å². The summed E-state index contributed by atoms with van der Waals surface area (Å²) in [7, 11) is 0. The molecule has 0 spiro atoms. The lowest BCUT2D eigenvalue weighted by atomic mass is 9.85. The van der Waals surface area contributed by atoms with Crippen molar-refractivity contribution >= 4 is 15.9 Å². The van der Waals surface area contributed by atoms with Gasteiger partial charge in [0, 0.05) is 51.0 Å². The predicted molar refractivity (Wildman–Crippen MR) is 86.5 cm³/mol. The van der Waals surface area contributed by atoms with Crippen molar-refractivity contribution in [1.82, 2.24) is 10.2 Å². The number of halogens is 2. The average Bonchev–Trinajstić information content (AvgIpc) is 2.57. The third-order valence-electron chi connectivity index (χ3n) is 4.67. The lowest BCUT2D eigenvalue weighted by Crippen LogP contribution is -2.47. The van der Waals surface area contributed by atoms with Crippen molar-refractivity contribution in [1.29, 1.82) is 0 Å². The summed E-state index contributed by atoms with van der Waals surface area (Å²) in [5.41, 5.74) is 0.433. The number of ether oxygens (including phenoxy) is 1. The Morgan fingerprint density at radius 3 is 2.64 bits per heavy atom. The molecule has 6 heteroatoms. The highest BCUT2D eigenvalue weighted by Gasteiger charge is 2.35. The quantitative estimate of drug-likeness (QED) is 0.855. The highest BCUT2D eigenvalue weighted by atomic mass is 79.9. The molecule has 2 heterocycles. The first-order chi connectivity index (χ1) is 10.7. The van der Waals surface area contributed by atoms with Crippen molar-refractivity contribution in [3.63, 3.8) is 0 Å². The minimum atomic E-state index is -0.323. The second-order valence-electron chi connectivity index (χ2n) is 5.97. The predicted octanol–water partition coefficient (Wildman–Crippen LogP) is 2.67. The van der Waals surface area contributed by atoms with Crippen molar-refractivity contribution in [2.45, 2.75) is 18.9 Å². The van der Waals surface area contributed by atoms with Crippen molar-refractivity contribution in [2.75, 3.05) is 39.4 Å². The number of rotatable bonds is 3. The van der Waals surface area contributed by atoms with Gasteiger partial charge >= 0.3 is 0 Å². The van der Waals surface area contributed by atoms with E-state index in [0.717, 1.165) is 39.0 Å². The fourth-order valence-electron chi connectivity index (χ4n) is 3.55. The molecule has 0 amide bonds. The Hall–Kier alpha value is -0.690. The molecule has 0 aliphatic carbocycles. The van der Waals surface area contributed by atoms with Gasteiger partial charge < -0.3 is 15.2 Å². The van der Waals surface area contributed by atoms with Crippen LogP contribution >= 0.6 is 15.9 Å². The molecule has 0 bridgehead atoms. The Morgan fingerprint density at radius 2 is 1.95 bits per heavy atom. The minimum Gasteiger partial charge on any atom is -0.506 e. The van der Waals surface area contributed by atoms with Gasteiger partial charge in [-0.05, 0) is 46.8 Å². The molecule has 2 fully saturated rings. The van der Waals surface area contributed by atoms with Gasteiger partial charge in [-0.25, -0.2) is 4.39 Å². The SMILES string of the molecule is Oc1c(Br)ccc(F)c1[C@@H](C1CCOCC1)N1CCNCC1. The molecular weight excluding hydrogens is 351 g/mol. The summed E-state index contributed by atoms with van der Waals surface area (Å²) < 4.78 is 20.5. The highest BCUT2D eigenvalue weighted by molar-refractivity contribution is 9.10. The fraction of sp³-hybridized carbons (Fsp3) is 0.625. The van der Waals surface area contributed by atoms with Crippen LogP contribution in [0, 0.1) is 11.7 Å². The summed E-state index contributed by atoms with van der Waals surface area (Å²) in [6.45, 7) is 4.96. The standard InChI is InChI=1S/C16H22BrFN2O2/c17-12-1-2-13(18)14(16(12)21)15(11-3-9-22-10-4-11)20-7-5-19-6-8-20/h1-2,11,15,19,21H,3-10H2/t15-/m1/s1. The zero-order valence-electron chi connectivity index (χ0n) is 12.5. The monoisotopic (exact) mass is 372 g/mol. The first kappa shape index (κ1) is 16.2. The molecular formula is C16H22BrFN2O2. The summed E-state index contributed by atoms with van der Waals surface area (Å²) in [5.74, 6) is 0.0206. The number of phenols is 1. The number of phenolic OH excluding ortho intramolecular Hbond substituents is 1. The maximum Gasteiger partial charge on any atom is 0.137 e. The molecule has 2 aliphatic heterocycles. The first-order valence-corrected chi connectivity index (χ1v) is 8.67. The van der Waals surface area contributed by atoms with E-state index in [0.29, 0.717) is 29.2 Å². The Bertz CT molecular complexity index is 499. The lowest BCUT2D eigenvalue weighted by Gasteiger charge is -2.41. The van der Waals surface area contributed by atoms with Crippen LogP contribution in [-0.4, -0.2) is 49.4 Å². The summed E-state index contributed by atoms with van der Waals surface area (Å²) in [6.07, 6.45) is 1.81. The summed E-state index contributed by atoms with van der Waals surface area (Å²) >= 11 is 3.32. The first-order valence-electron chi connectivity index (χ1n) is 7.88. The third-order valence-corrected chi connectivity index (χ3v) is 5.31. The Kier molecular flexibility index (Phi) is 5.33. The van der Waals surface area contributed by atoms with E-state index in [1.807, 2.05) is 0 Å². The molecule has 1 atom stereocenters. The topological polar surface area (TPSA) is 44.7 Å². The van der Waals surface area contributed by atoms with E-state index >= 15 is 0 Å². The van der Waals surface area contributed by atoms with Crippen molar-refractivity contribution in [3.05, 3.63) is 28.0 Å². The molecule has 122 valence electrons. The lowest BCUT2D eigenvalue weighted by molar-refractivity contribution is 0.0195. The zero-order chi connectivity index (χ0) is 15.5. The van der Waals surface area contributed by atoms with Crippen LogP contribution in [0.25, 0.3) is 0 Å². The van der Waals surface area contributed by atoms with Crippen LogP contribution in [0.1, 0.15) is 24.4 Å². The van der Waals surface area contributed by atoms with E-state index in [1.165, 1.54) is 6.07 Å². The van der Waals surface area contributed by atoms with Crippen molar-refractivity contribution < 1.29 is 14.2 Å². The van der Waals surface area contributed by atoms with Gasteiger partial charge in [-0.1, -0.05) is 0 Å². The molecule has 2 N–H and O–H groups in total. The molecule has 4 nitrogen and oxygen atoms in total. The maximum absolute atomic E-state index is 14.5. The van der Waals surface area contributed by atoms with E-state index in [9.17, 15) is 9.50 Å². The Morgan fingerprint density at radius 1 is 1.27 bits per heavy atom. The summed E-state index contributed by atoms with van der Waals surface area (Å²) in [4.78, 5) is 2.30. The molecule has 22 heavy (non-hydrogen) atoms. The summed E-state index contributed by atoms with van der Waals surface area (Å²) in [6, 6.07) is 2.91. The van der Waals surface area contributed by atoms with Gasteiger partial charge in [-0.15, -0.1) is 0 Å². The number of hydrogen-bond donors (Lipinski definition) is 2. The number of benzene rings is 1. The summed E-state index contributed by atoms with van der Waals surface area (Å²) in [5, 5.41) is 13.8.